The van der Waals surface area contributed by atoms with Gasteiger partial charge in [-0.15, -0.1) is 11.3 Å². The second kappa shape index (κ2) is 9.88. The number of hydrogen-bond donors (Lipinski definition) is 0. The molecule has 174 valence electrons. The van der Waals surface area contributed by atoms with E-state index in [0.717, 1.165) is 22.2 Å². The predicted molar refractivity (Wildman–Crippen MR) is 129 cm³/mol. The Hall–Kier alpha value is -3.98. The van der Waals surface area contributed by atoms with E-state index in [1.807, 2.05) is 32.0 Å². The molecule has 0 bridgehead atoms. The van der Waals surface area contributed by atoms with E-state index < -0.39 is 11.6 Å². The molecule has 2 aromatic carbocycles. The Bertz CT molecular complexity index is 1420. The summed E-state index contributed by atoms with van der Waals surface area (Å²) >= 11 is 1.29. The number of aromatic nitrogens is 1. The zero-order valence-corrected chi connectivity index (χ0v) is 19.7. The molecular weight excluding hydrogens is 456 g/mol. The van der Waals surface area contributed by atoms with Crippen molar-refractivity contribution in [2.75, 3.05) is 11.5 Å². The molecule has 0 spiro atoms. The van der Waals surface area contributed by atoms with Crippen LogP contribution in [0.2, 0.25) is 0 Å². The zero-order valence-electron chi connectivity index (χ0n) is 18.9. The minimum atomic E-state index is -0.581. The summed E-state index contributed by atoms with van der Waals surface area (Å²) in [4.78, 5) is 41.9. The number of esters is 1. The summed E-state index contributed by atoms with van der Waals surface area (Å²) < 4.78 is 15.8. The molecule has 0 aliphatic heterocycles. The van der Waals surface area contributed by atoms with Gasteiger partial charge in [0.1, 0.15) is 17.9 Å². The van der Waals surface area contributed by atoms with Crippen LogP contribution in [0.4, 0.5) is 10.8 Å². The number of benzene rings is 2. The SMILES string of the molecule is CC(=O)N(c1nc(COC(=O)COc2ccc3ccc(=O)oc3c2)cs1)c1cccc(C)c1C. The molecule has 0 saturated heterocycles. The first-order valence-electron chi connectivity index (χ1n) is 10.5. The van der Waals surface area contributed by atoms with Gasteiger partial charge >= 0.3 is 11.6 Å². The van der Waals surface area contributed by atoms with Gasteiger partial charge in [-0.1, -0.05) is 12.1 Å². The summed E-state index contributed by atoms with van der Waals surface area (Å²) in [7, 11) is 0. The van der Waals surface area contributed by atoms with Crippen molar-refractivity contribution in [3.8, 4) is 5.75 Å². The predicted octanol–water partition coefficient (Wildman–Crippen LogP) is 4.67. The highest BCUT2D eigenvalue weighted by molar-refractivity contribution is 7.14. The number of thiazole rings is 1. The molecule has 0 unspecified atom stereocenters. The molecule has 9 heteroatoms. The smallest absolute Gasteiger partial charge is 0.344 e. The largest absolute Gasteiger partial charge is 0.482 e. The first-order chi connectivity index (χ1) is 16.3. The number of carbonyl (C=O) groups is 2. The summed E-state index contributed by atoms with van der Waals surface area (Å²) in [6, 6.07) is 13.7. The van der Waals surface area contributed by atoms with Gasteiger partial charge in [-0.05, 0) is 49.2 Å². The second-order valence-corrected chi connectivity index (χ2v) is 8.43. The van der Waals surface area contributed by atoms with Crippen LogP contribution in [0, 0.1) is 13.8 Å². The number of rotatable bonds is 7. The molecule has 0 aliphatic rings. The summed E-state index contributed by atoms with van der Waals surface area (Å²) in [6.07, 6.45) is 0. The number of nitrogens with zero attached hydrogens (tertiary/aromatic N) is 2. The minimum absolute atomic E-state index is 0.0518. The van der Waals surface area contributed by atoms with Gasteiger partial charge in [0.15, 0.2) is 11.7 Å². The van der Waals surface area contributed by atoms with Crippen LogP contribution in [0.25, 0.3) is 11.0 Å². The molecule has 8 nitrogen and oxygen atoms in total. The van der Waals surface area contributed by atoms with E-state index in [4.69, 9.17) is 13.9 Å². The van der Waals surface area contributed by atoms with Crippen molar-refractivity contribution in [3.63, 3.8) is 0 Å². The van der Waals surface area contributed by atoms with Crippen LogP contribution in [0.15, 0.2) is 63.1 Å². The lowest BCUT2D eigenvalue weighted by Crippen LogP contribution is -2.23. The van der Waals surface area contributed by atoms with Gasteiger partial charge in [0, 0.05) is 29.8 Å². The van der Waals surface area contributed by atoms with Crippen molar-refractivity contribution in [2.24, 2.45) is 0 Å². The van der Waals surface area contributed by atoms with Crippen molar-refractivity contribution in [1.82, 2.24) is 4.98 Å². The zero-order chi connectivity index (χ0) is 24.2. The van der Waals surface area contributed by atoms with E-state index in [9.17, 15) is 14.4 Å². The summed E-state index contributed by atoms with van der Waals surface area (Å²) in [6.45, 7) is 5.06. The molecule has 0 atom stereocenters. The van der Waals surface area contributed by atoms with Gasteiger partial charge in [0.05, 0.1) is 11.4 Å². The maximum absolute atomic E-state index is 12.4. The number of fused-ring (bicyclic) bond motifs is 1. The maximum Gasteiger partial charge on any atom is 0.344 e. The van der Waals surface area contributed by atoms with Crippen LogP contribution in [0.5, 0.6) is 5.75 Å². The van der Waals surface area contributed by atoms with Gasteiger partial charge in [0.2, 0.25) is 5.91 Å². The first-order valence-corrected chi connectivity index (χ1v) is 11.3. The normalized spacial score (nSPS) is 10.8. The lowest BCUT2D eigenvalue weighted by molar-refractivity contribution is -0.147. The number of anilines is 2. The monoisotopic (exact) mass is 478 g/mol. The van der Waals surface area contributed by atoms with Gasteiger partial charge in [-0.3, -0.25) is 9.69 Å². The van der Waals surface area contributed by atoms with Crippen molar-refractivity contribution in [1.29, 1.82) is 0 Å². The van der Waals surface area contributed by atoms with Crippen LogP contribution >= 0.6 is 11.3 Å². The molecule has 0 N–H and O–H groups in total. The third-order valence-corrected chi connectivity index (χ3v) is 6.07. The van der Waals surface area contributed by atoms with Crippen LogP contribution in [-0.4, -0.2) is 23.5 Å². The molecule has 34 heavy (non-hydrogen) atoms. The Morgan fingerprint density at radius 1 is 1.12 bits per heavy atom. The molecule has 4 aromatic rings. The highest BCUT2D eigenvalue weighted by atomic mass is 32.1. The fourth-order valence-electron chi connectivity index (χ4n) is 3.32. The highest BCUT2D eigenvalue weighted by Gasteiger charge is 2.20. The minimum Gasteiger partial charge on any atom is -0.482 e. The summed E-state index contributed by atoms with van der Waals surface area (Å²) in [5.41, 5.74) is 3.26. The first kappa shape index (κ1) is 23.2. The molecule has 0 saturated carbocycles. The van der Waals surface area contributed by atoms with E-state index in [0.29, 0.717) is 22.2 Å². The van der Waals surface area contributed by atoms with Crippen molar-refractivity contribution >= 4 is 45.0 Å². The standard InChI is InChI=1S/C25H22N2O6S/c1-15-5-4-6-21(16(15)2)27(17(3)28)25-26-19(14-34-25)12-32-24(30)13-31-20-9-7-18-8-10-23(29)33-22(18)11-20/h4-11,14H,12-13H2,1-3H3. The summed E-state index contributed by atoms with van der Waals surface area (Å²) in [5, 5.41) is 2.99. The van der Waals surface area contributed by atoms with Gasteiger partial charge in [-0.25, -0.2) is 14.6 Å². The molecule has 0 radical (unpaired) electrons. The third-order valence-electron chi connectivity index (χ3n) is 5.20. The van der Waals surface area contributed by atoms with E-state index in [-0.39, 0.29) is 19.1 Å². The molecule has 0 aliphatic carbocycles. The lowest BCUT2D eigenvalue weighted by Gasteiger charge is -2.21. The Morgan fingerprint density at radius 2 is 1.91 bits per heavy atom. The van der Waals surface area contributed by atoms with Crippen LogP contribution in [0.1, 0.15) is 23.7 Å². The van der Waals surface area contributed by atoms with Gasteiger partial charge < -0.3 is 13.9 Å². The topological polar surface area (TPSA) is 98.9 Å². The Morgan fingerprint density at radius 3 is 2.71 bits per heavy atom. The Labute approximate surface area is 199 Å². The Balaban J connectivity index is 1.37. The average molecular weight is 479 g/mol. The highest BCUT2D eigenvalue weighted by Crippen LogP contribution is 2.32. The molecule has 2 heterocycles. The van der Waals surface area contributed by atoms with Gasteiger partial charge in [-0.2, -0.15) is 0 Å². The third kappa shape index (κ3) is 5.15. The molecule has 1 amide bonds. The van der Waals surface area contributed by atoms with E-state index >= 15 is 0 Å². The number of ether oxygens (including phenoxy) is 2. The van der Waals surface area contributed by atoms with Gasteiger partial charge in [0.25, 0.3) is 0 Å². The fraction of sp³-hybridized carbons (Fsp3) is 0.200. The number of hydrogen-bond acceptors (Lipinski definition) is 8. The van der Waals surface area contributed by atoms with Crippen molar-refractivity contribution in [2.45, 2.75) is 27.4 Å². The van der Waals surface area contributed by atoms with Crippen LogP contribution < -0.4 is 15.3 Å². The van der Waals surface area contributed by atoms with Crippen molar-refractivity contribution in [3.05, 3.63) is 81.2 Å². The average Bonchev–Trinajstić information content (AvgIpc) is 3.27. The molecule has 4 rings (SSSR count). The fourth-order valence-corrected chi connectivity index (χ4v) is 4.18. The van der Waals surface area contributed by atoms with E-state index in [1.54, 1.807) is 34.5 Å². The Kier molecular flexibility index (Phi) is 6.74. The quantitative estimate of drug-likeness (QED) is 0.281. The maximum atomic E-state index is 12.4. The number of carbonyl (C=O) groups excluding carboxylic acids is 2. The second-order valence-electron chi connectivity index (χ2n) is 7.60. The van der Waals surface area contributed by atoms with E-state index in [1.165, 1.54) is 24.3 Å². The van der Waals surface area contributed by atoms with E-state index in [2.05, 4.69) is 4.98 Å². The number of amides is 1. The van der Waals surface area contributed by atoms with Crippen molar-refractivity contribution < 1.29 is 23.5 Å². The van der Waals surface area contributed by atoms with Crippen LogP contribution in [0.3, 0.4) is 0 Å². The molecular formula is C25H22N2O6S. The van der Waals surface area contributed by atoms with Crippen LogP contribution in [-0.2, 0) is 20.9 Å². The molecule has 2 aromatic heterocycles. The summed E-state index contributed by atoms with van der Waals surface area (Å²) in [5.74, 6) is -0.367. The molecule has 0 fully saturated rings. The lowest BCUT2D eigenvalue weighted by atomic mass is 10.1. The number of aryl methyl sites for hydroxylation is 1.